The summed E-state index contributed by atoms with van der Waals surface area (Å²) in [6, 6.07) is 24.4. The molecule has 0 saturated heterocycles. The van der Waals surface area contributed by atoms with Crippen molar-refractivity contribution in [3.63, 3.8) is 0 Å². The Bertz CT molecular complexity index is 950. The van der Waals surface area contributed by atoms with Gasteiger partial charge < -0.3 is 11.5 Å². The number of nitrogens with one attached hydrogen (secondary N) is 2. The third-order valence-electron chi connectivity index (χ3n) is 4.97. The van der Waals surface area contributed by atoms with Crippen LogP contribution >= 0.6 is 24.8 Å². The molecule has 0 bridgehead atoms. The van der Waals surface area contributed by atoms with Gasteiger partial charge in [-0.15, -0.1) is 24.8 Å². The molecule has 0 radical (unpaired) electrons. The van der Waals surface area contributed by atoms with Crippen LogP contribution < -0.4 is 11.5 Å². The second-order valence-electron chi connectivity index (χ2n) is 7.06. The summed E-state index contributed by atoms with van der Waals surface area (Å²) >= 11 is 0. The van der Waals surface area contributed by atoms with Crippen LogP contribution in [0.5, 0.6) is 0 Å². The van der Waals surface area contributed by atoms with Crippen LogP contribution in [-0.2, 0) is 18.4 Å². The first-order chi connectivity index (χ1) is 13.7. The van der Waals surface area contributed by atoms with E-state index in [0.717, 1.165) is 24.2 Å². The van der Waals surface area contributed by atoms with Gasteiger partial charge >= 0.3 is 0 Å². The second-order valence-corrected chi connectivity index (χ2v) is 7.06. The molecule has 4 aromatic rings. The normalized spacial score (nSPS) is 10.9. The standard InChI is InChI=1S/C22H24N6.2ClH/c23-15-22(24,20-13-18(25-27-20)11-16-7-3-1-4-8-16)21-14-19(26-28-21)12-17-9-5-2-6-10-17;;/h1-10,13-14H,11-12,15,23-24H2,(H,25,27)(H,26,28);2*1H. The maximum atomic E-state index is 6.66. The number of nitrogens with two attached hydrogens (primary N) is 2. The Morgan fingerprint density at radius 2 is 1.10 bits per heavy atom. The van der Waals surface area contributed by atoms with Gasteiger partial charge in [-0.25, -0.2) is 0 Å². The average Bonchev–Trinajstić information content (AvgIpc) is 3.39. The molecule has 6 N–H and O–H groups in total. The van der Waals surface area contributed by atoms with Gasteiger partial charge in [0.15, 0.2) is 0 Å². The molecular formula is C22H26Cl2N6. The van der Waals surface area contributed by atoms with E-state index in [2.05, 4.69) is 44.7 Å². The van der Waals surface area contributed by atoms with Crippen molar-refractivity contribution in [1.29, 1.82) is 0 Å². The van der Waals surface area contributed by atoms with Gasteiger partial charge in [0.2, 0.25) is 0 Å². The van der Waals surface area contributed by atoms with Gasteiger partial charge in [0.25, 0.3) is 0 Å². The van der Waals surface area contributed by atoms with E-state index in [0.29, 0.717) is 11.4 Å². The SMILES string of the molecule is Cl.Cl.NCC(N)(c1cc(Cc2ccccc2)[nH]n1)c1cc(Cc2ccccc2)[nH]n1. The van der Waals surface area contributed by atoms with E-state index in [-0.39, 0.29) is 31.4 Å². The lowest BCUT2D eigenvalue weighted by Gasteiger charge is -2.23. The van der Waals surface area contributed by atoms with Gasteiger partial charge in [-0.05, 0) is 23.3 Å². The number of hydrogen-bond donors (Lipinski definition) is 4. The Morgan fingerprint density at radius 3 is 1.47 bits per heavy atom. The number of aromatic nitrogens is 4. The second kappa shape index (κ2) is 10.4. The number of H-pyrrole nitrogens is 2. The maximum Gasteiger partial charge on any atom is 0.117 e. The molecule has 0 aliphatic rings. The minimum Gasteiger partial charge on any atom is -0.328 e. The zero-order valence-electron chi connectivity index (χ0n) is 16.4. The predicted molar refractivity (Wildman–Crippen MR) is 124 cm³/mol. The van der Waals surface area contributed by atoms with Crippen LogP contribution in [0.25, 0.3) is 0 Å². The molecule has 2 aromatic heterocycles. The minimum absolute atomic E-state index is 0. The largest absolute Gasteiger partial charge is 0.328 e. The molecule has 0 fully saturated rings. The molecule has 6 nitrogen and oxygen atoms in total. The van der Waals surface area contributed by atoms with Gasteiger partial charge in [-0.1, -0.05) is 60.7 Å². The molecule has 2 aromatic carbocycles. The molecular weight excluding hydrogens is 419 g/mol. The van der Waals surface area contributed by atoms with Crippen molar-refractivity contribution in [2.24, 2.45) is 11.5 Å². The minimum atomic E-state index is -0.948. The number of benzene rings is 2. The highest BCUT2D eigenvalue weighted by atomic mass is 35.5. The van der Waals surface area contributed by atoms with Gasteiger partial charge in [0.05, 0.1) is 11.4 Å². The smallest absolute Gasteiger partial charge is 0.117 e. The van der Waals surface area contributed by atoms with Crippen molar-refractivity contribution >= 4 is 24.8 Å². The average molecular weight is 445 g/mol. The van der Waals surface area contributed by atoms with E-state index in [1.807, 2.05) is 48.5 Å². The highest BCUT2D eigenvalue weighted by Gasteiger charge is 2.33. The van der Waals surface area contributed by atoms with Gasteiger partial charge in [-0.2, -0.15) is 10.2 Å². The van der Waals surface area contributed by atoms with Crippen molar-refractivity contribution in [2.75, 3.05) is 6.54 Å². The summed E-state index contributed by atoms with van der Waals surface area (Å²) in [5, 5.41) is 15.1. The molecule has 0 atom stereocenters. The maximum absolute atomic E-state index is 6.66. The third-order valence-corrected chi connectivity index (χ3v) is 4.97. The number of aromatic amines is 2. The molecule has 0 unspecified atom stereocenters. The van der Waals surface area contributed by atoms with Crippen LogP contribution in [0.1, 0.15) is 33.9 Å². The van der Waals surface area contributed by atoms with Gasteiger partial charge in [0.1, 0.15) is 5.54 Å². The first kappa shape index (κ1) is 23.6. The molecule has 0 amide bonds. The van der Waals surface area contributed by atoms with E-state index in [9.17, 15) is 0 Å². The number of rotatable bonds is 7. The van der Waals surface area contributed by atoms with Crippen LogP contribution in [-0.4, -0.2) is 26.9 Å². The molecule has 2 heterocycles. The predicted octanol–water partition coefficient (Wildman–Crippen LogP) is 3.32. The van der Waals surface area contributed by atoms with Crippen LogP contribution in [0.15, 0.2) is 72.8 Å². The third kappa shape index (κ3) is 5.09. The molecule has 0 saturated carbocycles. The fourth-order valence-corrected chi connectivity index (χ4v) is 3.33. The van der Waals surface area contributed by atoms with Gasteiger partial charge in [-0.3, -0.25) is 10.2 Å². The summed E-state index contributed by atoms with van der Waals surface area (Å²) in [6.45, 7) is 0.207. The van der Waals surface area contributed by atoms with E-state index in [4.69, 9.17) is 11.5 Å². The molecule has 4 rings (SSSR count). The summed E-state index contributed by atoms with van der Waals surface area (Å²) in [4.78, 5) is 0. The lowest BCUT2D eigenvalue weighted by atomic mass is 9.91. The number of halogens is 2. The number of hydrogen-bond acceptors (Lipinski definition) is 4. The van der Waals surface area contributed by atoms with E-state index < -0.39 is 5.54 Å². The molecule has 158 valence electrons. The lowest BCUT2D eigenvalue weighted by Crippen LogP contribution is -2.45. The van der Waals surface area contributed by atoms with E-state index >= 15 is 0 Å². The van der Waals surface area contributed by atoms with Crippen molar-refractivity contribution in [3.8, 4) is 0 Å². The topological polar surface area (TPSA) is 109 Å². The summed E-state index contributed by atoms with van der Waals surface area (Å²) in [6.07, 6.45) is 1.52. The Kier molecular flexibility index (Phi) is 8.20. The van der Waals surface area contributed by atoms with Crippen molar-refractivity contribution in [2.45, 2.75) is 18.4 Å². The quantitative estimate of drug-likeness (QED) is 0.350. The fourth-order valence-electron chi connectivity index (χ4n) is 3.33. The number of nitrogens with zero attached hydrogens (tertiary/aromatic N) is 2. The van der Waals surface area contributed by atoms with Crippen LogP contribution in [0.3, 0.4) is 0 Å². The summed E-state index contributed by atoms with van der Waals surface area (Å²) < 4.78 is 0. The van der Waals surface area contributed by atoms with Crippen LogP contribution in [0.2, 0.25) is 0 Å². The molecule has 30 heavy (non-hydrogen) atoms. The molecule has 0 aliphatic heterocycles. The first-order valence-corrected chi connectivity index (χ1v) is 9.34. The Balaban J connectivity index is 0.00000160. The fraction of sp³-hybridized carbons (Fsp3) is 0.182. The molecule has 8 heteroatoms. The van der Waals surface area contributed by atoms with Gasteiger partial charge in [0, 0.05) is 30.8 Å². The Labute approximate surface area is 188 Å². The van der Waals surface area contributed by atoms with Crippen molar-refractivity contribution < 1.29 is 0 Å². The Hall–Kier alpha value is -2.64. The molecule has 0 aliphatic carbocycles. The zero-order chi connectivity index (χ0) is 19.4. The van der Waals surface area contributed by atoms with Crippen molar-refractivity contribution in [3.05, 3.63) is 107 Å². The first-order valence-electron chi connectivity index (χ1n) is 9.34. The zero-order valence-corrected chi connectivity index (χ0v) is 18.0. The highest BCUT2D eigenvalue weighted by Crippen LogP contribution is 2.25. The van der Waals surface area contributed by atoms with Crippen LogP contribution in [0, 0.1) is 0 Å². The van der Waals surface area contributed by atoms with Crippen molar-refractivity contribution in [1.82, 2.24) is 20.4 Å². The van der Waals surface area contributed by atoms with E-state index in [1.165, 1.54) is 11.1 Å². The van der Waals surface area contributed by atoms with E-state index in [1.54, 1.807) is 0 Å². The molecule has 0 spiro atoms. The summed E-state index contributed by atoms with van der Waals surface area (Å²) in [5.74, 6) is 0. The Morgan fingerprint density at radius 1 is 0.700 bits per heavy atom. The monoisotopic (exact) mass is 444 g/mol. The lowest BCUT2D eigenvalue weighted by molar-refractivity contribution is 0.515. The summed E-state index contributed by atoms with van der Waals surface area (Å²) in [7, 11) is 0. The van der Waals surface area contributed by atoms with Crippen LogP contribution in [0.4, 0.5) is 0 Å². The summed E-state index contributed by atoms with van der Waals surface area (Å²) in [5.41, 5.74) is 17.6. The highest BCUT2D eigenvalue weighted by molar-refractivity contribution is 5.85.